The van der Waals surface area contributed by atoms with Gasteiger partial charge in [-0.05, 0) is 32.1 Å². The van der Waals surface area contributed by atoms with Crippen LogP contribution in [0.15, 0.2) is 0 Å². The molecule has 0 aliphatic carbocycles. The largest absolute Gasteiger partial charge is 0.336 e. The summed E-state index contributed by atoms with van der Waals surface area (Å²) in [6.45, 7) is 14.0. The molecule has 2 atom stereocenters. The van der Waals surface area contributed by atoms with E-state index in [4.69, 9.17) is 0 Å². The third kappa shape index (κ3) is 4.78. The van der Waals surface area contributed by atoms with Crippen LogP contribution in [0.2, 0.25) is 0 Å². The molecule has 0 spiro atoms. The Kier molecular flexibility index (Phi) is 5.83. The first-order valence-corrected chi connectivity index (χ1v) is 9.39. The molecule has 0 aromatic carbocycles. The van der Waals surface area contributed by atoms with Gasteiger partial charge in [0.15, 0.2) is 0 Å². The molecule has 0 bridgehead atoms. The van der Waals surface area contributed by atoms with E-state index in [0.717, 1.165) is 56.1 Å². The Bertz CT molecular complexity index is 345. The molecule has 2 heterocycles. The molecule has 2 unspecified atom stereocenters. The number of amides is 2. The van der Waals surface area contributed by atoms with Crippen molar-refractivity contribution in [2.24, 2.45) is 11.8 Å². The van der Waals surface area contributed by atoms with Crippen LogP contribution in [-0.4, -0.2) is 65.6 Å². The smallest absolute Gasteiger partial charge is 0.317 e. The predicted octanol–water partition coefficient (Wildman–Crippen LogP) is 2.50. The standard InChI is InChI=1S/C16H31N3OS/c1-13-9-14(2)11-19(10-13)16(3,4)12-17-15(20)18-5-7-21-8-6-18/h13-14H,5-12H2,1-4H3,(H,17,20). The third-order valence-electron chi connectivity index (χ3n) is 4.70. The van der Waals surface area contributed by atoms with Crippen molar-refractivity contribution in [3.63, 3.8) is 0 Å². The van der Waals surface area contributed by atoms with Crippen molar-refractivity contribution in [1.29, 1.82) is 0 Å². The number of rotatable bonds is 3. The van der Waals surface area contributed by atoms with Crippen molar-refractivity contribution in [2.75, 3.05) is 44.2 Å². The molecule has 0 aromatic heterocycles. The summed E-state index contributed by atoms with van der Waals surface area (Å²) >= 11 is 1.93. The molecule has 2 aliphatic heterocycles. The minimum absolute atomic E-state index is 0.0309. The molecule has 0 saturated carbocycles. The summed E-state index contributed by atoms with van der Waals surface area (Å²) in [6, 6.07) is 0.112. The number of nitrogens with one attached hydrogen (secondary N) is 1. The molecule has 4 nitrogen and oxygen atoms in total. The van der Waals surface area contributed by atoms with E-state index in [2.05, 4.69) is 37.9 Å². The van der Waals surface area contributed by atoms with Gasteiger partial charge in [0.05, 0.1) is 0 Å². The molecular formula is C16H31N3OS. The van der Waals surface area contributed by atoms with Gasteiger partial charge in [-0.3, -0.25) is 4.90 Å². The van der Waals surface area contributed by atoms with Crippen molar-refractivity contribution < 1.29 is 4.79 Å². The summed E-state index contributed by atoms with van der Waals surface area (Å²) in [5.41, 5.74) is 0.0309. The lowest BCUT2D eigenvalue weighted by molar-refractivity contribution is 0.0464. The van der Waals surface area contributed by atoms with E-state index in [1.807, 2.05) is 16.7 Å². The Morgan fingerprint density at radius 1 is 1.19 bits per heavy atom. The molecular weight excluding hydrogens is 282 g/mol. The van der Waals surface area contributed by atoms with Gasteiger partial charge in [0, 0.05) is 49.8 Å². The number of thioether (sulfide) groups is 1. The van der Waals surface area contributed by atoms with Crippen LogP contribution in [0.3, 0.4) is 0 Å². The van der Waals surface area contributed by atoms with E-state index < -0.39 is 0 Å². The highest BCUT2D eigenvalue weighted by molar-refractivity contribution is 7.99. The molecule has 5 heteroatoms. The number of carbonyl (C=O) groups is 1. The third-order valence-corrected chi connectivity index (χ3v) is 5.64. The van der Waals surface area contributed by atoms with Crippen LogP contribution in [0, 0.1) is 11.8 Å². The van der Waals surface area contributed by atoms with Gasteiger partial charge < -0.3 is 10.2 Å². The van der Waals surface area contributed by atoms with E-state index >= 15 is 0 Å². The molecule has 0 aromatic rings. The minimum Gasteiger partial charge on any atom is -0.336 e. The lowest BCUT2D eigenvalue weighted by atomic mass is 9.88. The molecule has 2 amide bonds. The molecule has 0 radical (unpaired) electrons. The highest BCUT2D eigenvalue weighted by atomic mass is 32.2. The number of urea groups is 1. The molecule has 2 saturated heterocycles. The molecule has 2 rings (SSSR count). The second-order valence-corrected chi connectivity index (χ2v) is 8.65. The maximum absolute atomic E-state index is 12.2. The Balaban J connectivity index is 1.83. The quantitative estimate of drug-likeness (QED) is 0.869. The van der Waals surface area contributed by atoms with Gasteiger partial charge in [-0.1, -0.05) is 13.8 Å². The number of hydrogen-bond acceptors (Lipinski definition) is 3. The normalized spacial score (nSPS) is 28.5. The highest BCUT2D eigenvalue weighted by Crippen LogP contribution is 2.26. The van der Waals surface area contributed by atoms with Crippen LogP contribution >= 0.6 is 11.8 Å². The lowest BCUT2D eigenvalue weighted by Crippen LogP contribution is -2.57. The van der Waals surface area contributed by atoms with Gasteiger partial charge in [0.2, 0.25) is 0 Å². The van der Waals surface area contributed by atoms with Crippen molar-refractivity contribution >= 4 is 17.8 Å². The van der Waals surface area contributed by atoms with Gasteiger partial charge in [-0.15, -0.1) is 0 Å². The summed E-state index contributed by atoms with van der Waals surface area (Å²) in [7, 11) is 0. The zero-order valence-electron chi connectivity index (χ0n) is 14.0. The van der Waals surface area contributed by atoms with Crippen LogP contribution < -0.4 is 5.32 Å². The van der Waals surface area contributed by atoms with Crippen molar-refractivity contribution in [3.05, 3.63) is 0 Å². The first-order valence-electron chi connectivity index (χ1n) is 8.24. The Labute approximate surface area is 134 Å². The summed E-state index contributed by atoms with van der Waals surface area (Å²) < 4.78 is 0. The van der Waals surface area contributed by atoms with E-state index in [9.17, 15) is 4.79 Å². The topological polar surface area (TPSA) is 35.6 Å². The fourth-order valence-electron chi connectivity index (χ4n) is 3.44. The van der Waals surface area contributed by atoms with Crippen molar-refractivity contribution in [3.8, 4) is 0 Å². The fourth-order valence-corrected chi connectivity index (χ4v) is 4.34. The van der Waals surface area contributed by atoms with Crippen LogP contribution in [0.1, 0.15) is 34.1 Å². The molecule has 2 fully saturated rings. The highest BCUT2D eigenvalue weighted by Gasteiger charge is 2.33. The molecule has 21 heavy (non-hydrogen) atoms. The molecule has 1 N–H and O–H groups in total. The number of carbonyl (C=O) groups excluding carboxylic acids is 1. The lowest BCUT2D eigenvalue weighted by Gasteiger charge is -2.45. The van der Waals surface area contributed by atoms with Crippen LogP contribution in [0.5, 0.6) is 0 Å². The van der Waals surface area contributed by atoms with Crippen LogP contribution in [0.25, 0.3) is 0 Å². The maximum Gasteiger partial charge on any atom is 0.317 e. The Hall–Kier alpha value is -0.420. The average molecular weight is 314 g/mol. The number of piperidine rings is 1. The van der Waals surface area contributed by atoms with E-state index in [1.54, 1.807) is 0 Å². The van der Waals surface area contributed by atoms with Crippen LogP contribution in [-0.2, 0) is 0 Å². The predicted molar refractivity (Wildman–Crippen MR) is 90.9 cm³/mol. The SMILES string of the molecule is CC1CC(C)CN(C(C)(C)CNC(=O)N2CCSCC2)C1. The number of nitrogens with zero attached hydrogens (tertiary/aromatic N) is 2. The number of likely N-dealkylation sites (tertiary alicyclic amines) is 1. The van der Waals surface area contributed by atoms with E-state index in [0.29, 0.717) is 0 Å². The van der Waals surface area contributed by atoms with Gasteiger partial charge >= 0.3 is 6.03 Å². The zero-order chi connectivity index (χ0) is 15.5. The minimum atomic E-state index is 0.0309. The maximum atomic E-state index is 12.2. The van der Waals surface area contributed by atoms with Gasteiger partial charge in [0.1, 0.15) is 0 Å². The monoisotopic (exact) mass is 313 g/mol. The second kappa shape index (κ2) is 7.23. The van der Waals surface area contributed by atoms with Gasteiger partial charge in [-0.25, -0.2) is 4.79 Å². The molecule has 2 aliphatic rings. The first kappa shape index (κ1) is 16.9. The molecule has 122 valence electrons. The van der Waals surface area contributed by atoms with Crippen molar-refractivity contribution in [2.45, 2.75) is 39.7 Å². The zero-order valence-corrected chi connectivity index (χ0v) is 14.8. The summed E-state index contributed by atoms with van der Waals surface area (Å²) in [5, 5.41) is 3.16. The van der Waals surface area contributed by atoms with Gasteiger partial charge in [0.25, 0.3) is 0 Å². The summed E-state index contributed by atoms with van der Waals surface area (Å²) in [6.07, 6.45) is 1.32. The van der Waals surface area contributed by atoms with E-state index in [-0.39, 0.29) is 11.6 Å². The number of hydrogen-bond donors (Lipinski definition) is 1. The van der Waals surface area contributed by atoms with Gasteiger partial charge in [-0.2, -0.15) is 11.8 Å². The summed E-state index contributed by atoms with van der Waals surface area (Å²) in [4.78, 5) is 16.7. The fraction of sp³-hybridized carbons (Fsp3) is 0.938. The van der Waals surface area contributed by atoms with Crippen LogP contribution in [0.4, 0.5) is 4.79 Å². The first-order chi connectivity index (χ1) is 9.88. The Morgan fingerprint density at radius 2 is 1.76 bits per heavy atom. The average Bonchev–Trinajstić information content (AvgIpc) is 2.45. The van der Waals surface area contributed by atoms with E-state index in [1.165, 1.54) is 6.42 Å². The Morgan fingerprint density at radius 3 is 2.33 bits per heavy atom. The van der Waals surface area contributed by atoms with Crippen molar-refractivity contribution in [1.82, 2.24) is 15.1 Å². The second-order valence-electron chi connectivity index (χ2n) is 7.42. The summed E-state index contributed by atoms with van der Waals surface area (Å²) in [5.74, 6) is 3.64.